The second-order valence-corrected chi connectivity index (χ2v) is 3.93. The van der Waals surface area contributed by atoms with Crippen molar-refractivity contribution < 1.29 is 29.3 Å². The number of rotatable bonds is 7. The molecule has 1 atom stereocenters. The van der Waals surface area contributed by atoms with Crippen molar-refractivity contribution in [3.05, 3.63) is 29.8 Å². The Morgan fingerprint density at radius 2 is 2.05 bits per heavy atom. The van der Waals surface area contributed by atoms with Gasteiger partial charge in [0.2, 0.25) is 0 Å². The molecule has 1 aromatic carbocycles. The number of methoxy groups -OCH3 is 1. The molecule has 20 heavy (non-hydrogen) atoms. The van der Waals surface area contributed by atoms with Gasteiger partial charge in [-0.3, -0.25) is 0 Å². The van der Waals surface area contributed by atoms with Gasteiger partial charge in [0.15, 0.2) is 6.10 Å². The van der Waals surface area contributed by atoms with E-state index in [0.29, 0.717) is 11.3 Å². The highest BCUT2D eigenvalue weighted by atomic mass is 16.5. The largest absolute Gasteiger partial charge is 0.497 e. The Labute approximate surface area is 116 Å². The molecule has 1 rings (SSSR count). The van der Waals surface area contributed by atoms with E-state index in [1.807, 2.05) is 0 Å². The molecule has 0 saturated carbocycles. The van der Waals surface area contributed by atoms with Crippen LogP contribution < -0.4 is 9.47 Å². The first kappa shape index (κ1) is 15.6. The molecule has 1 unspecified atom stereocenters. The standard InChI is InChI=1S/C14H16O6/c1-3-11(14(17)18)20-12-8-10(19-2)6-4-9(12)5-7-13(15)16/h4-8,11H,3H2,1-2H3,(H,15,16)(H,17,18). The highest BCUT2D eigenvalue weighted by molar-refractivity contribution is 5.86. The third kappa shape index (κ3) is 4.31. The van der Waals surface area contributed by atoms with Crippen molar-refractivity contribution >= 4 is 18.0 Å². The normalized spacial score (nSPS) is 12.1. The van der Waals surface area contributed by atoms with E-state index in [-0.39, 0.29) is 12.2 Å². The number of carbonyl (C=O) groups is 2. The van der Waals surface area contributed by atoms with Crippen LogP contribution in [0.25, 0.3) is 6.08 Å². The summed E-state index contributed by atoms with van der Waals surface area (Å²) in [6.07, 6.45) is 1.58. The second-order valence-electron chi connectivity index (χ2n) is 3.93. The minimum absolute atomic E-state index is 0.260. The monoisotopic (exact) mass is 280 g/mol. The molecule has 2 N–H and O–H groups in total. The summed E-state index contributed by atoms with van der Waals surface area (Å²) in [7, 11) is 1.47. The SMILES string of the molecule is CCC(Oc1cc(OC)ccc1C=CC(=O)O)C(=O)O. The Kier molecular flexibility index (Phi) is 5.58. The van der Waals surface area contributed by atoms with Crippen LogP contribution >= 0.6 is 0 Å². The molecule has 0 fully saturated rings. The van der Waals surface area contributed by atoms with Gasteiger partial charge in [0.05, 0.1) is 7.11 Å². The Morgan fingerprint density at radius 1 is 1.35 bits per heavy atom. The molecule has 1 aromatic rings. The maximum Gasteiger partial charge on any atom is 0.344 e. The van der Waals surface area contributed by atoms with E-state index in [9.17, 15) is 9.59 Å². The van der Waals surface area contributed by atoms with Crippen LogP contribution in [0.4, 0.5) is 0 Å². The minimum atomic E-state index is -1.10. The van der Waals surface area contributed by atoms with Gasteiger partial charge in [-0.05, 0) is 24.6 Å². The van der Waals surface area contributed by atoms with Gasteiger partial charge in [-0.2, -0.15) is 0 Å². The maximum absolute atomic E-state index is 11.0. The molecule has 0 aromatic heterocycles. The van der Waals surface area contributed by atoms with Crippen LogP contribution in [0.5, 0.6) is 11.5 Å². The molecule has 0 saturated heterocycles. The van der Waals surface area contributed by atoms with Gasteiger partial charge < -0.3 is 19.7 Å². The van der Waals surface area contributed by atoms with Gasteiger partial charge in [0.1, 0.15) is 11.5 Å². The average Bonchev–Trinajstić information content (AvgIpc) is 2.42. The van der Waals surface area contributed by atoms with Gasteiger partial charge >= 0.3 is 11.9 Å². The van der Waals surface area contributed by atoms with Gasteiger partial charge in [-0.25, -0.2) is 9.59 Å². The van der Waals surface area contributed by atoms with E-state index in [4.69, 9.17) is 19.7 Å². The number of ether oxygens (including phenoxy) is 2. The van der Waals surface area contributed by atoms with E-state index < -0.39 is 18.0 Å². The van der Waals surface area contributed by atoms with Crippen molar-refractivity contribution in [2.24, 2.45) is 0 Å². The first-order valence-corrected chi connectivity index (χ1v) is 5.96. The van der Waals surface area contributed by atoms with Crippen molar-refractivity contribution in [2.75, 3.05) is 7.11 Å². The first-order chi connectivity index (χ1) is 9.47. The topological polar surface area (TPSA) is 93.1 Å². The van der Waals surface area contributed by atoms with Crippen molar-refractivity contribution in [3.8, 4) is 11.5 Å². The summed E-state index contributed by atoms with van der Waals surface area (Å²) in [5.74, 6) is -1.43. The molecule has 0 radical (unpaired) electrons. The van der Waals surface area contributed by atoms with E-state index in [1.54, 1.807) is 19.1 Å². The lowest BCUT2D eigenvalue weighted by molar-refractivity contribution is -0.145. The molecular weight excluding hydrogens is 264 g/mol. The minimum Gasteiger partial charge on any atom is -0.497 e. The zero-order valence-corrected chi connectivity index (χ0v) is 11.2. The zero-order chi connectivity index (χ0) is 15.1. The van der Waals surface area contributed by atoms with Gasteiger partial charge in [0, 0.05) is 17.7 Å². The molecule has 0 spiro atoms. The molecule has 0 heterocycles. The molecule has 0 amide bonds. The molecule has 6 nitrogen and oxygen atoms in total. The third-order valence-electron chi connectivity index (χ3n) is 2.54. The maximum atomic E-state index is 11.0. The fourth-order valence-corrected chi connectivity index (χ4v) is 1.50. The van der Waals surface area contributed by atoms with Crippen LogP contribution in [0, 0.1) is 0 Å². The molecule has 0 aliphatic rings. The van der Waals surface area contributed by atoms with Crippen molar-refractivity contribution in [1.29, 1.82) is 0 Å². The molecule has 0 aliphatic carbocycles. The predicted molar refractivity (Wildman–Crippen MR) is 72.0 cm³/mol. The number of benzene rings is 1. The highest BCUT2D eigenvalue weighted by Gasteiger charge is 2.18. The van der Waals surface area contributed by atoms with Gasteiger partial charge in [-0.15, -0.1) is 0 Å². The zero-order valence-electron chi connectivity index (χ0n) is 11.2. The molecule has 0 bridgehead atoms. The third-order valence-corrected chi connectivity index (χ3v) is 2.54. The predicted octanol–water partition coefficient (Wildman–Crippen LogP) is 2.03. The molecule has 108 valence electrons. The Hall–Kier alpha value is -2.50. The number of carboxylic acid groups (broad SMARTS) is 2. The Bertz CT molecular complexity index is 520. The van der Waals surface area contributed by atoms with E-state index >= 15 is 0 Å². The Morgan fingerprint density at radius 3 is 2.55 bits per heavy atom. The fourth-order valence-electron chi connectivity index (χ4n) is 1.50. The van der Waals surface area contributed by atoms with Crippen LogP contribution in [0.1, 0.15) is 18.9 Å². The number of hydrogen-bond donors (Lipinski definition) is 2. The van der Waals surface area contributed by atoms with E-state index in [1.165, 1.54) is 19.3 Å². The summed E-state index contributed by atoms with van der Waals surface area (Å²) in [6, 6.07) is 4.76. The van der Waals surface area contributed by atoms with Gasteiger partial charge in [0.25, 0.3) is 0 Å². The lowest BCUT2D eigenvalue weighted by atomic mass is 10.1. The summed E-state index contributed by atoms with van der Waals surface area (Å²) < 4.78 is 10.5. The van der Waals surface area contributed by atoms with Gasteiger partial charge in [-0.1, -0.05) is 6.92 Å². The quantitative estimate of drug-likeness (QED) is 0.742. The lowest BCUT2D eigenvalue weighted by Crippen LogP contribution is -2.26. The van der Waals surface area contributed by atoms with Crippen LogP contribution in [-0.2, 0) is 9.59 Å². The van der Waals surface area contributed by atoms with Crippen LogP contribution in [0.15, 0.2) is 24.3 Å². The summed E-state index contributed by atoms with van der Waals surface area (Å²) in [5.41, 5.74) is 0.466. The summed E-state index contributed by atoms with van der Waals surface area (Å²) in [5, 5.41) is 17.6. The fraction of sp³-hybridized carbons (Fsp3) is 0.286. The molecule has 6 heteroatoms. The lowest BCUT2D eigenvalue weighted by Gasteiger charge is -2.16. The molecular formula is C14H16O6. The summed E-state index contributed by atoms with van der Waals surface area (Å²) in [4.78, 5) is 21.5. The van der Waals surface area contributed by atoms with Crippen molar-refractivity contribution in [1.82, 2.24) is 0 Å². The molecule has 0 aliphatic heterocycles. The smallest absolute Gasteiger partial charge is 0.344 e. The van der Waals surface area contributed by atoms with E-state index in [0.717, 1.165) is 6.08 Å². The van der Waals surface area contributed by atoms with Crippen molar-refractivity contribution in [3.63, 3.8) is 0 Å². The summed E-state index contributed by atoms with van der Waals surface area (Å²) in [6.45, 7) is 1.69. The van der Waals surface area contributed by atoms with E-state index in [2.05, 4.69) is 0 Å². The second kappa shape index (κ2) is 7.18. The Balaban J connectivity index is 3.11. The van der Waals surface area contributed by atoms with Crippen LogP contribution in [0.2, 0.25) is 0 Å². The highest BCUT2D eigenvalue weighted by Crippen LogP contribution is 2.27. The number of aliphatic carboxylic acids is 2. The van der Waals surface area contributed by atoms with Crippen LogP contribution in [-0.4, -0.2) is 35.4 Å². The average molecular weight is 280 g/mol. The first-order valence-electron chi connectivity index (χ1n) is 5.96. The number of carboxylic acids is 2. The number of hydrogen-bond acceptors (Lipinski definition) is 4. The summed E-state index contributed by atoms with van der Waals surface area (Å²) >= 11 is 0. The van der Waals surface area contributed by atoms with Crippen molar-refractivity contribution in [2.45, 2.75) is 19.4 Å². The van der Waals surface area contributed by atoms with Crippen LogP contribution in [0.3, 0.4) is 0 Å².